The molecule has 4 fully saturated rings. The summed E-state index contributed by atoms with van der Waals surface area (Å²) in [6.45, 7) is 5.95. The number of rotatable bonds is 3. The van der Waals surface area contributed by atoms with Crippen LogP contribution in [0.1, 0.15) is 64.2 Å². The van der Waals surface area contributed by atoms with Gasteiger partial charge in [0.05, 0.1) is 0 Å². The molecule has 1 saturated carbocycles. The molecular weight excluding hydrogens is 326 g/mol. The van der Waals surface area contributed by atoms with Crippen LogP contribution >= 0.6 is 0 Å². The number of carbonyl (C=O) groups is 2. The fourth-order valence-electron chi connectivity index (χ4n) is 5.25. The molecule has 0 spiro atoms. The minimum Gasteiger partial charge on any atom is -0.342 e. The quantitative estimate of drug-likeness (QED) is 0.776. The van der Waals surface area contributed by atoms with Crippen LogP contribution in [-0.2, 0) is 9.59 Å². The molecule has 0 unspecified atom stereocenters. The Morgan fingerprint density at radius 1 is 0.538 bits per heavy atom. The van der Waals surface area contributed by atoms with Crippen LogP contribution < -0.4 is 0 Å². The van der Waals surface area contributed by atoms with E-state index in [2.05, 4.69) is 14.7 Å². The van der Waals surface area contributed by atoms with E-state index in [1.54, 1.807) is 0 Å². The van der Waals surface area contributed by atoms with Crippen LogP contribution in [0.4, 0.5) is 0 Å². The van der Waals surface area contributed by atoms with Gasteiger partial charge in [-0.3, -0.25) is 9.59 Å². The molecule has 5 nitrogen and oxygen atoms in total. The molecule has 2 amide bonds. The molecule has 0 radical (unpaired) electrons. The maximum absolute atomic E-state index is 12.7. The Labute approximate surface area is 158 Å². The second-order valence-corrected chi connectivity index (χ2v) is 8.88. The molecule has 3 aliphatic heterocycles. The van der Waals surface area contributed by atoms with Crippen molar-refractivity contribution in [1.82, 2.24) is 14.7 Å². The molecular formula is C21H35N3O2. The van der Waals surface area contributed by atoms with E-state index in [0.29, 0.717) is 23.8 Å². The molecule has 5 heteroatoms. The summed E-state index contributed by atoms with van der Waals surface area (Å²) in [5.41, 5.74) is 0. The first-order valence-corrected chi connectivity index (χ1v) is 11.0. The average Bonchev–Trinajstić information content (AvgIpc) is 2.67. The second-order valence-electron chi connectivity index (χ2n) is 8.88. The summed E-state index contributed by atoms with van der Waals surface area (Å²) < 4.78 is 0. The SMILES string of the molecule is O=C(C1CCN(C2CCN(C(=O)C3CCC3)CC2)CC1)N1CCCCC1. The first-order valence-electron chi connectivity index (χ1n) is 11.0. The van der Waals surface area contributed by atoms with E-state index in [9.17, 15) is 9.59 Å². The predicted octanol–water partition coefficient (Wildman–Crippen LogP) is 2.50. The summed E-state index contributed by atoms with van der Waals surface area (Å²) >= 11 is 0. The van der Waals surface area contributed by atoms with Crippen molar-refractivity contribution in [3.63, 3.8) is 0 Å². The van der Waals surface area contributed by atoms with Gasteiger partial charge in [-0.1, -0.05) is 6.42 Å². The maximum atomic E-state index is 12.7. The Bertz CT molecular complexity index is 497. The van der Waals surface area contributed by atoms with E-state index < -0.39 is 0 Å². The molecule has 0 bridgehead atoms. The molecule has 0 N–H and O–H groups in total. The third-order valence-electron chi connectivity index (χ3n) is 7.29. The van der Waals surface area contributed by atoms with E-state index in [1.165, 1.54) is 25.7 Å². The fraction of sp³-hybridized carbons (Fsp3) is 0.905. The highest BCUT2D eigenvalue weighted by atomic mass is 16.2. The van der Waals surface area contributed by atoms with Gasteiger partial charge in [0.25, 0.3) is 0 Å². The molecule has 0 aromatic rings. The van der Waals surface area contributed by atoms with Gasteiger partial charge in [-0.25, -0.2) is 0 Å². The van der Waals surface area contributed by atoms with E-state index in [4.69, 9.17) is 0 Å². The van der Waals surface area contributed by atoms with Crippen LogP contribution in [0, 0.1) is 11.8 Å². The lowest BCUT2D eigenvalue weighted by molar-refractivity contribution is -0.141. The van der Waals surface area contributed by atoms with Gasteiger partial charge in [0, 0.05) is 44.1 Å². The van der Waals surface area contributed by atoms with E-state index in [-0.39, 0.29) is 5.92 Å². The number of piperidine rings is 3. The zero-order valence-electron chi connectivity index (χ0n) is 16.2. The summed E-state index contributed by atoms with van der Waals surface area (Å²) in [4.78, 5) is 32.0. The number of carbonyl (C=O) groups excluding carboxylic acids is 2. The van der Waals surface area contributed by atoms with Crippen molar-refractivity contribution in [2.45, 2.75) is 70.3 Å². The van der Waals surface area contributed by atoms with Crippen LogP contribution in [0.25, 0.3) is 0 Å². The summed E-state index contributed by atoms with van der Waals surface area (Å²) in [6.07, 6.45) is 11.4. The summed E-state index contributed by atoms with van der Waals surface area (Å²) in [5, 5.41) is 0. The minimum atomic E-state index is 0.254. The van der Waals surface area contributed by atoms with Crippen LogP contribution in [0.3, 0.4) is 0 Å². The molecule has 4 rings (SSSR count). The third-order valence-corrected chi connectivity index (χ3v) is 7.29. The Balaban J connectivity index is 1.20. The topological polar surface area (TPSA) is 43.9 Å². The Morgan fingerprint density at radius 2 is 1.08 bits per heavy atom. The molecule has 26 heavy (non-hydrogen) atoms. The van der Waals surface area contributed by atoms with Crippen molar-refractivity contribution in [3.05, 3.63) is 0 Å². The third kappa shape index (κ3) is 3.92. The molecule has 0 atom stereocenters. The molecule has 3 heterocycles. The molecule has 0 aromatic heterocycles. The van der Waals surface area contributed by atoms with Gasteiger partial charge >= 0.3 is 0 Å². The largest absolute Gasteiger partial charge is 0.342 e. The van der Waals surface area contributed by atoms with Gasteiger partial charge in [0.1, 0.15) is 0 Å². The fourth-order valence-corrected chi connectivity index (χ4v) is 5.25. The Kier molecular flexibility index (Phi) is 5.82. The van der Waals surface area contributed by atoms with Gasteiger partial charge in [-0.05, 0) is 70.9 Å². The van der Waals surface area contributed by atoms with Crippen LogP contribution in [0.2, 0.25) is 0 Å². The van der Waals surface area contributed by atoms with E-state index in [1.807, 2.05) is 0 Å². The number of nitrogens with zero attached hydrogens (tertiary/aromatic N) is 3. The first kappa shape index (κ1) is 18.3. The highest BCUT2D eigenvalue weighted by Crippen LogP contribution is 2.31. The number of amides is 2. The molecule has 4 aliphatic rings. The average molecular weight is 362 g/mol. The van der Waals surface area contributed by atoms with Crippen molar-refractivity contribution < 1.29 is 9.59 Å². The van der Waals surface area contributed by atoms with Crippen molar-refractivity contribution in [1.29, 1.82) is 0 Å². The summed E-state index contributed by atoms with van der Waals surface area (Å²) in [5.74, 6) is 1.43. The zero-order chi connectivity index (χ0) is 17.9. The number of likely N-dealkylation sites (tertiary alicyclic amines) is 3. The second kappa shape index (κ2) is 8.28. The standard InChI is InChI=1S/C21H35N3O2/c25-20(17-5-4-6-17)24-15-9-19(10-16-24)22-13-7-18(8-14-22)21(26)23-11-2-1-3-12-23/h17-19H,1-16H2. The number of hydrogen-bond donors (Lipinski definition) is 0. The van der Waals surface area contributed by atoms with Gasteiger partial charge in [0.2, 0.25) is 11.8 Å². The van der Waals surface area contributed by atoms with Crippen molar-refractivity contribution in [3.8, 4) is 0 Å². The molecule has 0 aromatic carbocycles. The lowest BCUT2D eigenvalue weighted by Crippen LogP contribution is -2.51. The van der Waals surface area contributed by atoms with E-state index >= 15 is 0 Å². The summed E-state index contributed by atoms with van der Waals surface area (Å²) in [7, 11) is 0. The van der Waals surface area contributed by atoms with Crippen molar-refractivity contribution in [2.24, 2.45) is 11.8 Å². The minimum absolute atomic E-state index is 0.254. The predicted molar refractivity (Wildman–Crippen MR) is 102 cm³/mol. The highest BCUT2D eigenvalue weighted by Gasteiger charge is 2.35. The molecule has 3 saturated heterocycles. The molecule has 146 valence electrons. The van der Waals surface area contributed by atoms with E-state index in [0.717, 1.165) is 77.8 Å². The Morgan fingerprint density at radius 3 is 1.62 bits per heavy atom. The van der Waals surface area contributed by atoms with Crippen molar-refractivity contribution in [2.75, 3.05) is 39.3 Å². The lowest BCUT2D eigenvalue weighted by atomic mass is 9.83. The van der Waals surface area contributed by atoms with Gasteiger partial charge in [0.15, 0.2) is 0 Å². The maximum Gasteiger partial charge on any atom is 0.225 e. The smallest absolute Gasteiger partial charge is 0.225 e. The molecule has 1 aliphatic carbocycles. The highest BCUT2D eigenvalue weighted by molar-refractivity contribution is 5.80. The van der Waals surface area contributed by atoms with Crippen molar-refractivity contribution >= 4 is 11.8 Å². The normalized spacial score (nSPS) is 27.4. The van der Waals surface area contributed by atoms with Crippen LogP contribution in [0.5, 0.6) is 0 Å². The summed E-state index contributed by atoms with van der Waals surface area (Å²) in [6, 6.07) is 0.617. The van der Waals surface area contributed by atoms with Crippen LogP contribution in [-0.4, -0.2) is 71.8 Å². The van der Waals surface area contributed by atoms with Gasteiger partial charge < -0.3 is 14.7 Å². The van der Waals surface area contributed by atoms with Crippen LogP contribution in [0.15, 0.2) is 0 Å². The van der Waals surface area contributed by atoms with Gasteiger partial charge in [-0.15, -0.1) is 0 Å². The van der Waals surface area contributed by atoms with Gasteiger partial charge in [-0.2, -0.15) is 0 Å². The monoisotopic (exact) mass is 361 g/mol. The zero-order valence-corrected chi connectivity index (χ0v) is 16.2. The first-order chi connectivity index (χ1) is 12.7. The number of hydrogen-bond acceptors (Lipinski definition) is 3. The lowest BCUT2D eigenvalue weighted by Gasteiger charge is -2.43. The Hall–Kier alpha value is -1.10.